The molecule has 1 atom stereocenters. The fourth-order valence-corrected chi connectivity index (χ4v) is 2.42. The number of hydrogen-bond acceptors (Lipinski definition) is 3. The molecule has 0 aliphatic heterocycles. The molecule has 2 rings (SSSR count). The Bertz CT molecular complexity index is 728. The van der Waals surface area contributed by atoms with Crippen LogP contribution >= 0.6 is 0 Å². The van der Waals surface area contributed by atoms with Crippen LogP contribution in [0.15, 0.2) is 48.5 Å². The Morgan fingerprint density at radius 1 is 1.07 bits per heavy atom. The van der Waals surface area contributed by atoms with Crippen molar-refractivity contribution in [3.63, 3.8) is 0 Å². The third-order valence-electron chi connectivity index (χ3n) is 3.79. The van der Waals surface area contributed by atoms with Crippen molar-refractivity contribution < 1.29 is 27.4 Å². The second-order valence-corrected chi connectivity index (χ2v) is 6.00. The summed E-state index contributed by atoms with van der Waals surface area (Å²) in [7, 11) is 0. The molecule has 0 bridgehead atoms. The van der Waals surface area contributed by atoms with Crippen molar-refractivity contribution >= 4 is 5.91 Å². The van der Waals surface area contributed by atoms with E-state index in [-0.39, 0.29) is 18.6 Å². The number of benzene rings is 2. The van der Waals surface area contributed by atoms with Crippen LogP contribution in [0.1, 0.15) is 41.4 Å². The van der Waals surface area contributed by atoms with Gasteiger partial charge in [-0.2, -0.15) is 13.2 Å². The van der Waals surface area contributed by atoms with Gasteiger partial charge in [0.25, 0.3) is 5.91 Å². The third kappa shape index (κ3) is 6.94. The molecule has 2 aromatic carbocycles. The van der Waals surface area contributed by atoms with Gasteiger partial charge in [-0.25, -0.2) is 0 Å². The van der Waals surface area contributed by atoms with Crippen LogP contribution < -0.4 is 10.1 Å². The molecule has 0 spiro atoms. The summed E-state index contributed by atoms with van der Waals surface area (Å²) in [5.41, 5.74) is 1.92. The predicted octanol–water partition coefficient (Wildman–Crippen LogP) is 4.66. The van der Waals surface area contributed by atoms with E-state index in [4.69, 9.17) is 4.74 Å². The van der Waals surface area contributed by atoms with Gasteiger partial charge < -0.3 is 14.8 Å². The molecule has 1 N–H and O–H groups in total. The van der Waals surface area contributed by atoms with E-state index >= 15 is 0 Å². The fraction of sp³-hybridized carbons (Fsp3) is 0.350. The molecule has 146 valence electrons. The first-order valence-electron chi connectivity index (χ1n) is 8.55. The molecule has 27 heavy (non-hydrogen) atoms. The Kier molecular flexibility index (Phi) is 7.24. The molecule has 7 heteroatoms. The summed E-state index contributed by atoms with van der Waals surface area (Å²) in [5, 5.41) is 2.89. The van der Waals surface area contributed by atoms with Gasteiger partial charge >= 0.3 is 6.18 Å². The standard InChI is InChI=1S/C20H22F3NO3/c1-3-27-18-10-8-16(9-11-18)14(2)24-19(25)17-6-4-15(5-7-17)12-26-13-20(21,22)23/h4-11,14H,3,12-13H2,1-2H3,(H,24,25). The first kappa shape index (κ1) is 20.8. The molecule has 0 aromatic heterocycles. The summed E-state index contributed by atoms with van der Waals surface area (Å²) in [5.74, 6) is 0.502. The van der Waals surface area contributed by atoms with Crippen LogP contribution in [-0.2, 0) is 11.3 Å². The average Bonchev–Trinajstić information content (AvgIpc) is 2.62. The first-order chi connectivity index (χ1) is 12.8. The van der Waals surface area contributed by atoms with Crippen molar-refractivity contribution in [2.75, 3.05) is 13.2 Å². The Hall–Kier alpha value is -2.54. The summed E-state index contributed by atoms with van der Waals surface area (Å²) >= 11 is 0. The minimum atomic E-state index is -4.35. The summed E-state index contributed by atoms with van der Waals surface area (Å²) in [6.07, 6.45) is -4.35. The van der Waals surface area contributed by atoms with Crippen molar-refractivity contribution in [3.8, 4) is 5.75 Å². The molecule has 1 amide bonds. The summed E-state index contributed by atoms with van der Waals surface area (Å²) < 4.78 is 46.2. The minimum Gasteiger partial charge on any atom is -0.494 e. The molecule has 0 aliphatic rings. The highest BCUT2D eigenvalue weighted by Gasteiger charge is 2.27. The second-order valence-electron chi connectivity index (χ2n) is 6.00. The third-order valence-corrected chi connectivity index (χ3v) is 3.79. The largest absolute Gasteiger partial charge is 0.494 e. The van der Waals surface area contributed by atoms with E-state index in [1.807, 2.05) is 38.1 Å². The molecular formula is C20H22F3NO3. The molecule has 0 saturated heterocycles. The number of carbonyl (C=O) groups excluding carboxylic acids is 1. The fourth-order valence-electron chi connectivity index (χ4n) is 2.42. The minimum absolute atomic E-state index is 0.163. The SMILES string of the molecule is CCOc1ccc(C(C)NC(=O)c2ccc(COCC(F)(F)F)cc2)cc1. The number of hydrogen-bond donors (Lipinski definition) is 1. The van der Waals surface area contributed by atoms with Gasteiger partial charge in [0.1, 0.15) is 12.4 Å². The first-order valence-corrected chi connectivity index (χ1v) is 8.55. The van der Waals surface area contributed by atoms with Gasteiger partial charge in [0.05, 0.1) is 19.3 Å². The van der Waals surface area contributed by atoms with E-state index in [2.05, 4.69) is 10.1 Å². The Morgan fingerprint density at radius 2 is 1.70 bits per heavy atom. The van der Waals surface area contributed by atoms with E-state index in [0.717, 1.165) is 11.3 Å². The molecular weight excluding hydrogens is 359 g/mol. The predicted molar refractivity (Wildman–Crippen MR) is 95.6 cm³/mol. The smallest absolute Gasteiger partial charge is 0.411 e. The summed E-state index contributed by atoms with van der Waals surface area (Å²) in [4.78, 5) is 12.3. The van der Waals surface area contributed by atoms with Gasteiger partial charge in [-0.1, -0.05) is 24.3 Å². The van der Waals surface area contributed by atoms with E-state index < -0.39 is 12.8 Å². The van der Waals surface area contributed by atoms with Gasteiger partial charge in [0.15, 0.2) is 0 Å². The van der Waals surface area contributed by atoms with Gasteiger partial charge in [0, 0.05) is 5.56 Å². The average molecular weight is 381 g/mol. The Morgan fingerprint density at radius 3 is 2.26 bits per heavy atom. The van der Waals surface area contributed by atoms with Crippen LogP contribution in [0.4, 0.5) is 13.2 Å². The van der Waals surface area contributed by atoms with Crippen molar-refractivity contribution in [2.24, 2.45) is 0 Å². The highest BCUT2D eigenvalue weighted by atomic mass is 19.4. The molecule has 0 saturated carbocycles. The second kappa shape index (κ2) is 9.41. The zero-order valence-corrected chi connectivity index (χ0v) is 15.2. The number of carbonyl (C=O) groups is 1. The van der Waals surface area contributed by atoms with E-state index in [1.165, 1.54) is 0 Å². The van der Waals surface area contributed by atoms with Crippen LogP contribution in [0, 0.1) is 0 Å². The number of amides is 1. The van der Waals surface area contributed by atoms with Crippen molar-refractivity contribution in [1.82, 2.24) is 5.32 Å². The molecule has 0 radical (unpaired) electrons. The molecule has 4 nitrogen and oxygen atoms in total. The van der Waals surface area contributed by atoms with Crippen LogP contribution in [0.25, 0.3) is 0 Å². The van der Waals surface area contributed by atoms with E-state index in [1.54, 1.807) is 24.3 Å². The highest BCUT2D eigenvalue weighted by Crippen LogP contribution is 2.19. The number of rotatable bonds is 8. The van der Waals surface area contributed by atoms with E-state index in [0.29, 0.717) is 17.7 Å². The van der Waals surface area contributed by atoms with Crippen LogP contribution in [0.5, 0.6) is 5.75 Å². The maximum Gasteiger partial charge on any atom is 0.411 e. The maximum atomic E-state index is 12.3. The number of alkyl halides is 3. The lowest BCUT2D eigenvalue weighted by Crippen LogP contribution is -2.26. The molecule has 0 fully saturated rings. The Balaban J connectivity index is 1.89. The monoisotopic (exact) mass is 381 g/mol. The van der Waals surface area contributed by atoms with Crippen molar-refractivity contribution in [3.05, 3.63) is 65.2 Å². The quantitative estimate of drug-likeness (QED) is 0.724. The maximum absolute atomic E-state index is 12.3. The van der Waals surface area contributed by atoms with Gasteiger partial charge in [-0.3, -0.25) is 4.79 Å². The van der Waals surface area contributed by atoms with Crippen LogP contribution in [0.2, 0.25) is 0 Å². The summed E-state index contributed by atoms with van der Waals surface area (Å²) in [6.45, 7) is 2.90. The lowest BCUT2D eigenvalue weighted by Gasteiger charge is -2.15. The summed E-state index contributed by atoms with van der Waals surface area (Å²) in [6, 6.07) is 13.5. The Labute approximate surface area is 156 Å². The lowest BCUT2D eigenvalue weighted by molar-refractivity contribution is -0.176. The van der Waals surface area contributed by atoms with Crippen LogP contribution in [-0.4, -0.2) is 25.3 Å². The molecule has 2 aromatic rings. The molecule has 0 heterocycles. The molecule has 1 unspecified atom stereocenters. The number of nitrogens with one attached hydrogen (secondary N) is 1. The van der Waals surface area contributed by atoms with Gasteiger partial charge in [0.2, 0.25) is 0 Å². The topological polar surface area (TPSA) is 47.6 Å². The van der Waals surface area contributed by atoms with Crippen molar-refractivity contribution in [2.45, 2.75) is 32.7 Å². The van der Waals surface area contributed by atoms with Crippen molar-refractivity contribution in [1.29, 1.82) is 0 Å². The number of ether oxygens (including phenoxy) is 2. The van der Waals surface area contributed by atoms with Gasteiger partial charge in [-0.15, -0.1) is 0 Å². The number of halogens is 3. The normalized spacial score (nSPS) is 12.5. The zero-order chi connectivity index (χ0) is 19.9. The zero-order valence-electron chi connectivity index (χ0n) is 15.2. The molecule has 0 aliphatic carbocycles. The lowest BCUT2D eigenvalue weighted by atomic mass is 10.1. The highest BCUT2D eigenvalue weighted by molar-refractivity contribution is 5.94. The van der Waals surface area contributed by atoms with Crippen LogP contribution in [0.3, 0.4) is 0 Å². The van der Waals surface area contributed by atoms with E-state index in [9.17, 15) is 18.0 Å². The van der Waals surface area contributed by atoms with Gasteiger partial charge in [-0.05, 0) is 49.2 Å².